The monoisotopic (exact) mass is 1030 g/mol. The van der Waals surface area contributed by atoms with Gasteiger partial charge in [-0.3, -0.25) is 0 Å². The van der Waals surface area contributed by atoms with Gasteiger partial charge in [-0.05, 0) is 18.5 Å². The number of thioether (sulfide) groups is 1. The number of carbonyl (C=O) groups is 2. The maximum absolute atomic E-state index is 10.9. The van der Waals surface area contributed by atoms with E-state index in [0.29, 0.717) is 11.8 Å². The standard InChI is InChI=1S/C6H9NO3S.C5H7NO3S.CH2Cl2.CHF3O3S.CH4.2Rn/c1-9-5(8)4-3-10-6(7-4)11-2;1-8-4(7)3-2-9-5(10)6-3;2-1-3;2-1(3,4)8(5,6)7;;;/h4H,3H2,1-2H3;3H,2H2,1H3,(H,6,10);1H2;(H,5,6,7);1H4;;/p-1/t4-;3-;;;;;/m00...../s1/i;;1D2;;;;. The van der Waals surface area contributed by atoms with Crippen LogP contribution in [0.15, 0.2) is 4.99 Å². The molecule has 0 aromatic heterocycles. The molecule has 0 aromatic carbocycles. The predicted molar refractivity (Wildman–Crippen MR) is 119 cm³/mol. The maximum atomic E-state index is 10.9. The largest absolute Gasteiger partial charge is 0.741 e. The number of hydrogen-bond donors (Lipinski definition) is 1. The molecule has 0 unspecified atom stereocenters. The van der Waals surface area contributed by atoms with Gasteiger partial charge < -0.3 is 28.8 Å². The Balaban J connectivity index is -0.000000124. The zero-order valence-electron chi connectivity index (χ0n) is 19.0. The van der Waals surface area contributed by atoms with Crippen molar-refractivity contribution in [3.63, 3.8) is 0 Å². The van der Waals surface area contributed by atoms with Crippen molar-refractivity contribution in [1.29, 1.82) is 0 Å². The fourth-order valence-electron chi connectivity index (χ4n) is 1.37. The topological polar surface area (TPSA) is 153 Å². The van der Waals surface area contributed by atoms with E-state index in [-0.39, 0.29) is 175 Å². The summed E-state index contributed by atoms with van der Waals surface area (Å²) in [5.74, 6) is -0.686. The summed E-state index contributed by atoms with van der Waals surface area (Å²) >= 11 is 15.3. The van der Waals surface area contributed by atoms with Crippen LogP contribution in [0.5, 0.6) is 0 Å². The molecule has 1 saturated heterocycles. The van der Waals surface area contributed by atoms with Gasteiger partial charge in [0.05, 0.1) is 22.3 Å². The average Bonchev–Trinajstić information content (AvgIpc) is 3.34. The van der Waals surface area contributed by atoms with Crippen molar-refractivity contribution in [2.75, 3.05) is 39.0 Å². The van der Waals surface area contributed by atoms with Gasteiger partial charge in [0, 0.05) is 144 Å². The summed E-state index contributed by atoms with van der Waals surface area (Å²) in [5.41, 5.74) is -5.65. The summed E-state index contributed by atoms with van der Waals surface area (Å²) in [4.78, 5) is 25.6. The minimum atomic E-state index is -6.09. The molecule has 2 aliphatic rings. The molecule has 0 spiro atoms. The van der Waals surface area contributed by atoms with Crippen LogP contribution in [-0.2, 0) is 38.7 Å². The number of hydrogen-bond acceptors (Lipinski definition) is 12. The van der Waals surface area contributed by atoms with Crippen LogP contribution >= 0.6 is 47.2 Å². The van der Waals surface area contributed by atoms with Gasteiger partial charge in [-0.25, -0.2) is 23.0 Å². The third-order valence-corrected chi connectivity index (χ3v) is 4.09. The molecule has 0 bridgehead atoms. The van der Waals surface area contributed by atoms with Gasteiger partial charge in [0.15, 0.2) is 22.2 Å². The van der Waals surface area contributed by atoms with E-state index in [9.17, 15) is 22.8 Å². The summed E-state index contributed by atoms with van der Waals surface area (Å²) in [6.07, 6.45) is 1.85. The molecule has 2 atom stereocenters. The molecule has 21 heteroatoms. The van der Waals surface area contributed by atoms with Gasteiger partial charge in [-0.15, -0.1) is 23.2 Å². The van der Waals surface area contributed by atoms with Crippen molar-refractivity contribution in [2.45, 2.75) is 25.0 Å². The van der Waals surface area contributed by atoms with Gasteiger partial charge in [0.1, 0.15) is 13.2 Å². The minimum absolute atomic E-state index is 0. The van der Waals surface area contributed by atoms with Gasteiger partial charge >= 0.3 is 17.4 Å². The Morgan fingerprint density at radius 2 is 1.69 bits per heavy atom. The molecule has 35 heavy (non-hydrogen) atoms. The number of alkyl halides is 5. The van der Waals surface area contributed by atoms with E-state index < -0.39 is 33.0 Å². The number of ether oxygens (including phenoxy) is 4. The smallest absolute Gasteiger partial charge is 0.485 e. The zero-order chi connectivity index (χ0) is 27.3. The predicted octanol–water partition coefficient (Wildman–Crippen LogP) is 1.82. The molecule has 11 nitrogen and oxygen atoms in total. The number of aliphatic imine (C=N–C) groups is 1. The van der Waals surface area contributed by atoms with Crippen LogP contribution in [0.25, 0.3) is 0 Å². The molecular formula is C14H22Cl2F3N2O9Rn2S3-. The Labute approximate surface area is 347 Å². The summed E-state index contributed by atoms with van der Waals surface area (Å²) in [6, 6.07) is -0.875. The van der Waals surface area contributed by atoms with E-state index in [1.165, 1.54) is 26.0 Å². The fourth-order valence-corrected chi connectivity index (χ4v) is 2.00. The number of thiocarbonyl (C=S) groups is 1. The van der Waals surface area contributed by atoms with E-state index in [2.05, 4.69) is 55.2 Å². The Kier molecular flexibility index (Phi) is 31.4. The van der Waals surface area contributed by atoms with E-state index in [0.717, 1.165) is 0 Å². The van der Waals surface area contributed by atoms with Gasteiger partial charge in [0.25, 0.3) is 5.17 Å². The Bertz CT molecular complexity index is 837. The second-order valence-corrected chi connectivity index (χ2v) is 7.81. The molecule has 2 heterocycles. The first-order valence-electron chi connectivity index (χ1n) is 8.50. The number of carbonyl (C=O) groups excluding carboxylic acids is 2. The quantitative estimate of drug-likeness (QED) is 0.141. The van der Waals surface area contributed by atoms with Crippen molar-refractivity contribution in [1.82, 2.24) is 5.32 Å². The fraction of sp³-hybridized carbons (Fsp3) is 0.714. The second-order valence-electron chi connectivity index (χ2n) is 4.74. The number of esters is 2. The van der Waals surface area contributed by atoms with E-state index in [1.54, 1.807) is 0 Å². The molecule has 1 N–H and O–H groups in total. The van der Waals surface area contributed by atoms with Crippen LogP contribution in [0.4, 0.5) is 13.2 Å². The first-order chi connectivity index (χ1) is 15.3. The van der Waals surface area contributed by atoms with Crippen LogP contribution in [0, 0.1) is 144 Å². The minimum Gasteiger partial charge on any atom is -0.741 e. The van der Waals surface area contributed by atoms with Crippen molar-refractivity contribution >= 4 is 79.6 Å². The molecule has 0 radical (unpaired) electrons. The molecule has 1 fully saturated rings. The van der Waals surface area contributed by atoms with Crippen molar-refractivity contribution < 1.29 is 201 Å². The summed E-state index contributed by atoms with van der Waals surface area (Å²) in [7, 11) is -3.42. The SMILES string of the molecule is C.COC(=O)[C@@H]1COC(=S)N1.COC(=O)[C@@H]1COC(SC)=N1.O=S(=O)([O-])C(F)(F)F.[2H]C([2H])(Cl)Cl.[Rn].[Rn]. The second kappa shape index (κ2) is 25.9. The molecular weight excluding hydrogens is 1010 g/mol. The maximum Gasteiger partial charge on any atom is 0.485 e. The number of rotatable bonds is 2. The van der Waals surface area contributed by atoms with Gasteiger partial charge in [-0.1, -0.05) is 19.2 Å². The van der Waals surface area contributed by atoms with Crippen LogP contribution in [0.2, 0.25) is 0 Å². The van der Waals surface area contributed by atoms with Crippen molar-refractivity contribution in [2.24, 2.45) is 4.99 Å². The normalized spacial score (nSPS) is 18.7. The third kappa shape index (κ3) is 23.4. The number of nitrogens with zero attached hydrogens (tertiary/aromatic N) is 1. The Hall–Kier alpha value is 2.96. The molecule has 0 amide bonds. The van der Waals surface area contributed by atoms with E-state index in [4.69, 9.17) is 25.2 Å². The van der Waals surface area contributed by atoms with Crippen LogP contribution in [-0.4, -0.2) is 91.9 Å². The third-order valence-electron chi connectivity index (χ3n) is 2.72. The first kappa shape index (κ1) is 42.4. The molecule has 0 saturated carbocycles. The van der Waals surface area contributed by atoms with Crippen LogP contribution in [0.3, 0.4) is 0 Å². The van der Waals surface area contributed by atoms with Crippen molar-refractivity contribution in [3.8, 4) is 0 Å². The molecule has 2 aliphatic heterocycles. The number of nitrogens with one attached hydrogen (secondary N) is 1. The molecule has 0 aliphatic carbocycles. The summed E-state index contributed by atoms with van der Waals surface area (Å²) in [6.45, 7) is 0.578. The van der Waals surface area contributed by atoms with Gasteiger partial charge in [-0.2, -0.15) is 13.2 Å². The average molecular weight is 1030 g/mol. The Morgan fingerprint density at radius 1 is 1.26 bits per heavy atom. The van der Waals surface area contributed by atoms with E-state index >= 15 is 0 Å². The van der Waals surface area contributed by atoms with Crippen LogP contribution in [0.1, 0.15) is 10.2 Å². The molecule has 2 rings (SSSR count). The number of methoxy groups -OCH3 is 2. The van der Waals surface area contributed by atoms with Gasteiger partial charge in [0.2, 0.25) is 5.23 Å². The van der Waals surface area contributed by atoms with E-state index in [1.807, 2.05) is 6.26 Å². The number of halogens is 5. The van der Waals surface area contributed by atoms with Crippen molar-refractivity contribution in [3.05, 3.63) is 0 Å². The summed E-state index contributed by atoms with van der Waals surface area (Å²) in [5, 5.41) is 1.40. The first-order valence-corrected chi connectivity index (χ1v) is 11.3. The molecule has 212 valence electrons. The Morgan fingerprint density at radius 3 is 1.94 bits per heavy atom. The zero-order valence-corrected chi connectivity index (χ0v) is 26.5. The van der Waals surface area contributed by atoms with Crippen LogP contribution < -0.4 is 5.32 Å². The summed E-state index contributed by atoms with van der Waals surface area (Å²) < 4.78 is 90.0. The molecule has 0 aromatic rings.